The van der Waals surface area contributed by atoms with Gasteiger partial charge in [-0.15, -0.1) is 0 Å². The lowest BCUT2D eigenvalue weighted by molar-refractivity contribution is -0.111. The Bertz CT molecular complexity index is 1330. The minimum absolute atomic E-state index is 0.0288. The average Bonchev–Trinajstić information content (AvgIpc) is 2.91. The molecule has 10 nitrogen and oxygen atoms in total. The van der Waals surface area contributed by atoms with Crippen LogP contribution in [-0.4, -0.2) is 59.9 Å². The molecule has 198 valence electrons. The van der Waals surface area contributed by atoms with E-state index in [1.807, 2.05) is 38.1 Å². The second kappa shape index (κ2) is 11.7. The van der Waals surface area contributed by atoms with Crippen LogP contribution in [-0.2, 0) is 11.2 Å². The molecule has 38 heavy (non-hydrogen) atoms. The number of nitrogens with two attached hydrogens (primary N) is 1. The van der Waals surface area contributed by atoms with Crippen LogP contribution in [0.5, 0.6) is 11.6 Å². The molecule has 1 aliphatic heterocycles. The topological polar surface area (TPSA) is 126 Å². The number of piperazine rings is 1. The predicted molar refractivity (Wildman–Crippen MR) is 149 cm³/mol. The molecule has 0 saturated carbocycles. The Balaban J connectivity index is 1.61. The van der Waals surface area contributed by atoms with Crippen LogP contribution in [0.25, 0.3) is 0 Å². The minimum atomic E-state index is -0.694. The van der Waals surface area contributed by atoms with Crippen molar-refractivity contribution in [2.75, 3.05) is 48.8 Å². The number of primary amides is 1. The van der Waals surface area contributed by atoms with Gasteiger partial charge in [0.2, 0.25) is 11.8 Å². The first-order valence-electron chi connectivity index (χ1n) is 12.5. The summed E-state index contributed by atoms with van der Waals surface area (Å²) in [5.41, 5.74) is 9.33. The number of likely N-dealkylation sites (N-methyl/N-ethyl adjacent to an activating group) is 1. The lowest BCUT2D eigenvalue weighted by Gasteiger charge is -2.34. The molecule has 1 aromatic heterocycles. The summed E-state index contributed by atoms with van der Waals surface area (Å²) < 4.78 is 6.15. The maximum absolute atomic E-state index is 12.2. The Morgan fingerprint density at radius 1 is 1.11 bits per heavy atom. The molecule has 0 bridgehead atoms. The van der Waals surface area contributed by atoms with E-state index in [2.05, 4.69) is 44.0 Å². The molecule has 0 unspecified atom stereocenters. The number of hydrogen-bond acceptors (Lipinski definition) is 8. The molecule has 0 radical (unpaired) electrons. The summed E-state index contributed by atoms with van der Waals surface area (Å²) in [6.45, 7) is 11.2. The Kier molecular flexibility index (Phi) is 8.22. The molecule has 2 amide bonds. The third-order valence-corrected chi connectivity index (χ3v) is 6.43. The van der Waals surface area contributed by atoms with Gasteiger partial charge in [-0.05, 0) is 62.9 Å². The van der Waals surface area contributed by atoms with Crippen molar-refractivity contribution in [2.24, 2.45) is 5.73 Å². The van der Waals surface area contributed by atoms with Crippen molar-refractivity contribution in [3.8, 4) is 11.6 Å². The molecular formula is C28H33N7O3. The van der Waals surface area contributed by atoms with Gasteiger partial charge in [-0.25, -0.2) is 4.98 Å². The molecule has 10 heteroatoms. The standard InChI is InChI=1S/C28H33N7O3/c1-5-21-28(38-23-9-7-8-22(18(23)3)31-24(36)6-2)33-27(25(32-21)26(29)37)30-19-10-12-20(13-11-19)35-16-14-34(4)15-17-35/h6-13H,2,5,14-17H2,1,3-4H3,(H2,29,37)(H,30,33)(H,31,36). The molecule has 1 fully saturated rings. The number of nitrogens with zero attached hydrogens (tertiary/aromatic N) is 4. The van der Waals surface area contributed by atoms with Crippen LogP contribution in [0.1, 0.15) is 28.7 Å². The number of benzene rings is 2. The van der Waals surface area contributed by atoms with E-state index in [0.29, 0.717) is 29.1 Å². The quantitative estimate of drug-likeness (QED) is 0.367. The average molecular weight is 516 g/mol. The lowest BCUT2D eigenvalue weighted by atomic mass is 10.1. The normalized spacial score (nSPS) is 13.6. The number of aromatic nitrogens is 2. The zero-order valence-corrected chi connectivity index (χ0v) is 22.0. The highest BCUT2D eigenvalue weighted by atomic mass is 16.5. The van der Waals surface area contributed by atoms with Gasteiger partial charge in [0.25, 0.3) is 5.91 Å². The summed E-state index contributed by atoms with van der Waals surface area (Å²) in [5.74, 6) is -0.0869. The molecule has 0 aliphatic carbocycles. The number of hydrogen-bond donors (Lipinski definition) is 3. The fourth-order valence-corrected chi connectivity index (χ4v) is 4.13. The number of nitrogens with one attached hydrogen (secondary N) is 2. The van der Waals surface area contributed by atoms with E-state index in [0.717, 1.165) is 37.6 Å². The Hall–Kier alpha value is -4.44. The Morgan fingerprint density at radius 2 is 1.82 bits per heavy atom. The summed E-state index contributed by atoms with van der Waals surface area (Å²) in [5, 5.41) is 5.94. The smallest absolute Gasteiger partial charge is 0.271 e. The molecular weight excluding hydrogens is 482 g/mol. The number of ether oxygens (including phenoxy) is 1. The monoisotopic (exact) mass is 515 g/mol. The molecule has 4 rings (SSSR count). The van der Waals surface area contributed by atoms with Gasteiger partial charge in [0, 0.05) is 48.8 Å². The van der Waals surface area contributed by atoms with Crippen LogP contribution in [0.4, 0.5) is 22.9 Å². The number of anilines is 4. The van der Waals surface area contributed by atoms with Gasteiger partial charge >= 0.3 is 0 Å². The van der Waals surface area contributed by atoms with Crippen molar-refractivity contribution in [1.29, 1.82) is 0 Å². The predicted octanol–water partition coefficient (Wildman–Crippen LogP) is 3.86. The number of amides is 2. The molecule has 2 aromatic carbocycles. The molecule has 2 heterocycles. The highest BCUT2D eigenvalue weighted by Gasteiger charge is 2.20. The van der Waals surface area contributed by atoms with E-state index in [1.165, 1.54) is 6.08 Å². The maximum atomic E-state index is 12.2. The molecule has 3 aromatic rings. The highest BCUT2D eigenvalue weighted by molar-refractivity contribution is 5.99. The molecule has 0 spiro atoms. The van der Waals surface area contributed by atoms with Crippen molar-refractivity contribution in [3.05, 3.63) is 72.1 Å². The van der Waals surface area contributed by atoms with E-state index < -0.39 is 5.91 Å². The fraction of sp³-hybridized carbons (Fsp3) is 0.286. The summed E-state index contributed by atoms with van der Waals surface area (Å²) in [4.78, 5) is 37.8. The van der Waals surface area contributed by atoms with E-state index in [9.17, 15) is 9.59 Å². The SMILES string of the molecule is C=CC(=O)Nc1cccc(Oc2nc(Nc3ccc(N4CCN(C)CC4)cc3)c(C(N)=O)nc2CC)c1C. The van der Waals surface area contributed by atoms with E-state index >= 15 is 0 Å². The van der Waals surface area contributed by atoms with E-state index in [4.69, 9.17) is 10.5 Å². The van der Waals surface area contributed by atoms with Crippen LogP contribution in [0.2, 0.25) is 0 Å². The van der Waals surface area contributed by atoms with E-state index in [1.54, 1.807) is 18.2 Å². The number of carbonyl (C=O) groups is 2. The van der Waals surface area contributed by atoms with Crippen LogP contribution < -0.4 is 26.0 Å². The van der Waals surface area contributed by atoms with Crippen LogP contribution in [0, 0.1) is 6.92 Å². The summed E-state index contributed by atoms with van der Waals surface area (Å²) in [6, 6.07) is 13.2. The van der Waals surface area contributed by atoms with Crippen molar-refractivity contribution >= 4 is 34.7 Å². The first-order valence-corrected chi connectivity index (χ1v) is 12.5. The maximum Gasteiger partial charge on any atom is 0.271 e. The minimum Gasteiger partial charge on any atom is -0.437 e. The first-order chi connectivity index (χ1) is 18.3. The van der Waals surface area contributed by atoms with Crippen LogP contribution in [0.15, 0.2) is 55.1 Å². The summed E-state index contributed by atoms with van der Waals surface area (Å²) in [7, 11) is 2.13. The van der Waals surface area contributed by atoms with Gasteiger partial charge in [0.15, 0.2) is 11.5 Å². The highest BCUT2D eigenvalue weighted by Crippen LogP contribution is 2.32. The van der Waals surface area contributed by atoms with Crippen molar-refractivity contribution in [3.63, 3.8) is 0 Å². The van der Waals surface area contributed by atoms with Crippen molar-refractivity contribution in [2.45, 2.75) is 20.3 Å². The molecule has 1 aliphatic rings. The van der Waals surface area contributed by atoms with Crippen molar-refractivity contribution in [1.82, 2.24) is 14.9 Å². The third kappa shape index (κ3) is 6.09. The molecule has 0 atom stereocenters. The Morgan fingerprint density at radius 3 is 2.45 bits per heavy atom. The van der Waals surface area contributed by atoms with Crippen LogP contribution in [0.3, 0.4) is 0 Å². The second-order valence-corrected chi connectivity index (χ2v) is 9.08. The zero-order valence-electron chi connectivity index (χ0n) is 22.0. The second-order valence-electron chi connectivity index (χ2n) is 9.08. The molecule has 1 saturated heterocycles. The van der Waals surface area contributed by atoms with E-state index in [-0.39, 0.29) is 23.3 Å². The third-order valence-electron chi connectivity index (χ3n) is 6.43. The van der Waals surface area contributed by atoms with Gasteiger partial charge < -0.3 is 30.9 Å². The Labute approximate surface area is 222 Å². The van der Waals surface area contributed by atoms with Gasteiger partial charge in [0.1, 0.15) is 11.4 Å². The van der Waals surface area contributed by atoms with Gasteiger partial charge in [-0.2, -0.15) is 4.98 Å². The van der Waals surface area contributed by atoms with Crippen molar-refractivity contribution < 1.29 is 14.3 Å². The number of carbonyl (C=O) groups excluding carboxylic acids is 2. The number of aryl methyl sites for hydroxylation is 1. The molecule has 4 N–H and O–H groups in total. The summed E-state index contributed by atoms with van der Waals surface area (Å²) >= 11 is 0. The van der Waals surface area contributed by atoms with Gasteiger partial charge in [-0.1, -0.05) is 19.6 Å². The summed E-state index contributed by atoms with van der Waals surface area (Å²) in [6.07, 6.45) is 1.67. The number of rotatable bonds is 9. The van der Waals surface area contributed by atoms with Crippen LogP contribution >= 0.6 is 0 Å². The zero-order chi connectivity index (χ0) is 27.2. The lowest BCUT2D eigenvalue weighted by Crippen LogP contribution is -2.44. The largest absolute Gasteiger partial charge is 0.437 e. The van der Waals surface area contributed by atoms with Gasteiger partial charge in [-0.3, -0.25) is 9.59 Å². The fourth-order valence-electron chi connectivity index (χ4n) is 4.13. The van der Waals surface area contributed by atoms with Gasteiger partial charge in [0.05, 0.1) is 0 Å². The first kappa shape index (κ1) is 26.6.